The van der Waals surface area contributed by atoms with Gasteiger partial charge in [0.15, 0.2) is 6.61 Å². The van der Waals surface area contributed by atoms with Crippen molar-refractivity contribution in [1.82, 2.24) is 5.43 Å². The van der Waals surface area contributed by atoms with Crippen LogP contribution in [0.2, 0.25) is 0 Å². The Morgan fingerprint density at radius 3 is 2.67 bits per heavy atom. The van der Waals surface area contributed by atoms with E-state index in [9.17, 15) is 4.79 Å². The lowest BCUT2D eigenvalue weighted by Gasteiger charge is -2.09. The molecule has 0 fully saturated rings. The first-order chi connectivity index (χ1) is 10.1. The molecule has 0 radical (unpaired) electrons. The number of hydrazone groups is 1. The molecule has 0 heterocycles. The lowest BCUT2D eigenvalue weighted by atomic mass is 10.1. The number of unbranched alkanes of at least 4 members (excludes halogenated alkanes) is 1. The Balaban J connectivity index is 2.44. The highest BCUT2D eigenvalue weighted by atomic mass is 16.5. The van der Waals surface area contributed by atoms with Crippen molar-refractivity contribution in [2.24, 2.45) is 5.10 Å². The van der Waals surface area contributed by atoms with Crippen LogP contribution in [-0.2, 0) is 4.79 Å². The van der Waals surface area contributed by atoms with Gasteiger partial charge < -0.3 is 4.74 Å². The molecule has 21 heavy (non-hydrogen) atoms. The summed E-state index contributed by atoms with van der Waals surface area (Å²) in [6.07, 6.45) is 4.02. The molecule has 0 atom stereocenters. The quantitative estimate of drug-likeness (QED) is 0.585. The number of benzene rings is 1. The van der Waals surface area contributed by atoms with Gasteiger partial charge in [-0.05, 0) is 44.7 Å². The van der Waals surface area contributed by atoms with Gasteiger partial charge in [0, 0.05) is 5.71 Å². The van der Waals surface area contributed by atoms with E-state index in [4.69, 9.17) is 4.74 Å². The second-order valence-electron chi connectivity index (χ2n) is 5.23. The summed E-state index contributed by atoms with van der Waals surface area (Å²) in [5.74, 6) is 0.513. The SMILES string of the molecule is CCCC/C(CC)=N/NC(=O)COc1ccc(C)cc1C. The lowest BCUT2D eigenvalue weighted by Crippen LogP contribution is -2.26. The van der Waals surface area contributed by atoms with Crippen molar-refractivity contribution in [3.8, 4) is 5.75 Å². The molecule has 4 nitrogen and oxygen atoms in total. The molecule has 1 aromatic rings. The zero-order valence-corrected chi connectivity index (χ0v) is 13.5. The highest BCUT2D eigenvalue weighted by Crippen LogP contribution is 2.18. The average molecular weight is 290 g/mol. The Hall–Kier alpha value is -1.84. The fourth-order valence-electron chi connectivity index (χ4n) is 1.97. The van der Waals surface area contributed by atoms with Crippen LogP contribution in [0.15, 0.2) is 23.3 Å². The molecule has 1 rings (SSSR count). The molecule has 0 unspecified atom stereocenters. The van der Waals surface area contributed by atoms with E-state index in [2.05, 4.69) is 17.5 Å². The molecule has 0 saturated heterocycles. The van der Waals surface area contributed by atoms with Gasteiger partial charge in [0.1, 0.15) is 5.75 Å². The number of aryl methyl sites for hydroxylation is 2. The molecule has 0 bridgehead atoms. The molecule has 0 aliphatic heterocycles. The van der Waals surface area contributed by atoms with E-state index in [1.807, 2.05) is 39.0 Å². The van der Waals surface area contributed by atoms with Crippen molar-refractivity contribution in [2.75, 3.05) is 6.61 Å². The first kappa shape index (κ1) is 17.2. The third-order valence-corrected chi connectivity index (χ3v) is 3.25. The van der Waals surface area contributed by atoms with Gasteiger partial charge >= 0.3 is 0 Å². The number of rotatable bonds is 8. The van der Waals surface area contributed by atoms with Crippen LogP contribution >= 0.6 is 0 Å². The van der Waals surface area contributed by atoms with Crippen molar-refractivity contribution < 1.29 is 9.53 Å². The largest absolute Gasteiger partial charge is 0.483 e. The van der Waals surface area contributed by atoms with E-state index in [0.717, 1.165) is 42.7 Å². The fourth-order valence-corrected chi connectivity index (χ4v) is 1.97. The lowest BCUT2D eigenvalue weighted by molar-refractivity contribution is -0.123. The first-order valence-corrected chi connectivity index (χ1v) is 7.61. The summed E-state index contributed by atoms with van der Waals surface area (Å²) in [7, 11) is 0. The van der Waals surface area contributed by atoms with Crippen molar-refractivity contribution >= 4 is 11.6 Å². The Bertz CT molecular complexity index is 496. The second kappa shape index (κ2) is 9.16. The molecule has 0 saturated carbocycles. The van der Waals surface area contributed by atoms with Gasteiger partial charge in [0.05, 0.1) is 0 Å². The third-order valence-electron chi connectivity index (χ3n) is 3.25. The van der Waals surface area contributed by atoms with Crippen molar-refractivity contribution in [2.45, 2.75) is 53.4 Å². The highest BCUT2D eigenvalue weighted by molar-refractivity contribution is 5.86. The van der Waals surface area contributed by atoms with Gasteiger partial charge in [0.25, 0.3) is 5.91 Å². The summed E-state index contributed by atoms with van der Waals surface area (Å²) < 4.78 is 5.52. The van der Waals surface area contributed by atoms with Crippen molar-refractivity contribution in [3.63, 3.8) is 0 Å². The smallest absolute Gasteiger partial charge is 0.277 e. The van der Waals surface area contributed by atoms with E-state index in [0.29, 0.717) is 0 Å². The average Bonchev–Trinajstić information content (AvgIpc) is 2.46. The summed E-state index contributed by atoms with van der Waals surface area (Å²) in [5, 5.41) is 4.17. The molecule has 0 aliphatic carbocycles. The molecular weight excluding hydrogens is 264 g/mol. The Morgan fingerprint density at radius 1 is 1.29 bits per heavy atom. The number of ether oxygens (including phenoxy) is 1. The monoisotopic (exact) mass is 290 g/mol. The van der Waals surface area contributed by atoms with E-state index < -0.39 is 0 Å². The molecule has 0 spiro atoms. The van der Waals surface area contributed by atoms with Crippen LogP contribution in [0.1, 0.15) is 50.7 Å². The number of nitrogens with one attached hydrogen (secondary N) is 1. The van der Waals surface area contributed by atoms with Gasteiger partial charge in [-0.25, -0.2) is 5.43 Å². The highest BCUT2D eigenvalue weighted by Gasteiger charge is 2.05. The van der Waals surface area contributed by atoms with Crippen LogP contribution in [-0.4, -0.2) is 18.2 Å². The second-order valence-corrected chi connectivity index (χ2v) is 5.23. The summed E-state index contributed by atoms with van der Waals surface area (Å²) in [5.41, 5.74) is 5.80. The Morgan fingerprint density at radius 2 is 2.05 bits per heavy atom. The summed E-state index contributed by atoms with van der Waals surface area (Å²) in [6, 6.07) is 5.89. The molecule has 0 aliphatic rings. The predicted molar refractivity (Wildman–Crippen MR) is 86.8 cm³/mol. The Kier molecular flexibility index (Phi) is 7.51. The summed E-state index contributed by atoms with van der Waals surface area (Å²) in [6.45, 7) is 8.17. The molecular formula is C17H26N2O2. The maximum Gasteiger partial charge on any atom is 0.277 e. The molecule has 4 heteroatoms. The maximum absolute atomic E-state index is 11.7. The van der Waals surface area contributed by atoms with Crippen LogP contribution in [0.4, 0.5) is 0 Å². The van der Waals surface area contributed by atoms with Crippen molar-refractivity contribution in [1.29, 1.82) is 0 Å². The van der Waals surface area contributed by atoms with Crippen LogP contribution < -0.4 is 10.2 Å². The number of amides is 1. The van der Waals surface area contributed by atoms with Crippen LogP contribution in [0.25, 0.3) is 0 Å². The van der Waals surface area contributed by atoms with Gasteiger partial charge in [-0.15, -0.1) is 0 Å². The zero-order chi connectivity index (χ0) is 15.7. The zero-order valence-electron chi connectivity index (χ0n) is 13.5. The minimum absolute atomic E-state index is 0.0157. The minimum atomic E-state index is -0.225. The number of hydrogen-bond donors (Lipinski definition) is 1. The topological polar surface area (TPSA) is 50.7 Å². The normalized spacial score (nSPS) is 11.3. The summed E-state index contributed by atoms with van der Waals surface area (Å²) >= 11 is 0. The Labute approximate surface area is 127 Å². The molecule has 116 valence electrons. The number of carbonyl (C=O) groups excluding carboxylic acids is 1. The van der Waals surface area contributed by atoms with Crippen LogP contribution in [0.3, 0.4) is 0 Å². The number of hydrogen-bond acceptors (Lipinski definition) is 3. The first-order valence-electron chi connectivity index (χ1n) is 7.61. The van der Waals surface area contributed by atoms with Gasteiger partial charge in [-0.3, -0.25) is 4.79 Å². The number of nitrogens with zero attached hydrogens (tertiary/aromatic N) is 1. The number of carbonyl (C=O) groups is 1. The van der Waals surface area contributed by atoms with E-state index in [1.165, 1.54) is 5.56 Å². The van der Waals surface area contributed by atoms with Crippen LogP contribution in [0.5, 0.6) is 5.75 Å². The fraction of sp³-hybridized carbons (Fsp3) is 0.529. The van der Waals surface area contributed by atoms with E-state index in [1.54, 1.807) is 0 Å². The van der Waals surface area contributed by atoms with Gasteiger partial charge in [-0.1, -0.05) is 38.0 Å². The summed E-state index contributed by atoms with van der Waals surface area (Å²) in [4.78, 5) is 11.7. The molecule has 1 amide bonds. The van der Waals surface area contributed by atoms with Crippen LogP contribution in [0, 0.1) is 13.8 Å². The van der Waals surface area contributed by atoms with Gasteiger partial charge in [-0.2, -0.15) is 5.10 Å². The standard InChI is InChI=1S/C17H26N2O2/c1-5-7-8-15(6-2)18-19-17(20)12-21-16-10-9-13(3)11-14(16)4/h9-11H,5-8,12H2,1-4H3,(H,19,20)/b18-15+. The molecule has 0 aromatic heterocycles. The molecule has 1 aromatic carbocycles. The molecule has 1 N–H and O–H groups in total. The predicted octanol–water partition coefficient (Wildman–Crippen LogP) is 3.75. The maximum atomic E-state index is 11.7. The minimum Gasteiger partial charge on any atom is -0.483 e. The van der Waals surface area contributed by atoms with E-state index in [-0.39, 0.29) is 12.5 Å². The van der Waals surface area contributed by atoms with E-state index >= 15 is 0 Å². The van der Waals surface area contributed by atoms with Gasteiger partial charge in [0.2, 0.25) is 0 Å². The third kappa shape index (κ3) is 6.43. The van der Waals surface area contributed by atoms with Crippen molar-refractivity contribution in [3.05, 3.63) is 29.3 Å².